The van der Waals surface area contributed by atoms with Crippen LogP contribution in [0, 0.1) is 0 Å². The van der Waals surface area contributed by atoms with E-state index in [1.165, 1.54) is 16.9 Å². The number of carboxylic acids is 1. The SMILES string of the molecule is CC(C)c1ccc(/C=C(\CC(=O)O)c2nc3ccccc3s2)cc1. The molecule has 0 bridgehead atoms. The Hall–Kier alpha value is -2.46. The predicted octanol–water partition coefficient (Wildman–Crippen LogP) is 5.44. The lowest BCUT2D eigenvalue weighted by Gasteiger charge is -2.06. The summed E-state index contributed by atoms with van der Waals surface area (Å²) in [5.41, 5.74) is 3.91. The normalized spacial score (nSPS) is 12.0. The number of rotatable bonds is 5. The number of aliphatic carboxylic acids is 1. The highest BCUT2D eigenvalue weighted by molar-refractivity contribution is 7.19. The summed E-state index contributed by atoms with van der Waals surface area (Å²) < 4.78 is 1.07. The molecule has 0 fully saturated rings. The van der Waals surface area contributed by atoms with E-state index in [2.05, 4.69) is 31.0 Å². The summed E-state index contributed by atoms with van der Waals surface area (Å²) in [5.74, 6) is -0.370. The highest BCUT2D eigenvalue weighted by Gasteiger charge is 2.12. The van der Waals surface area contributed by atoms with Crippen molar-refractivity contribution < 1.29 is 9.90 Å². The molecule has 0 aliphatic heterocycles. The van der Waals surface area contributed by atoms with Crippen molar-refractivity contribution >= 4 is 39.2 Å². The van der Waals surface area contributed by atoms with Crippen molar-refractivity contribution in [3.8, 4) is 0 Å². The molecule has 0 saturated carbocycles. The minimum absolute atomic E-state index is 0.0360. The van der Waals surface area contributed by atoms with Gasteiger partial charge in [0.25, 0.3) is 0 Å². The molecular formula is C20H19NO2S. The second-order valence-corrected chi connectivity index (χ2v) is 7.08. The molecule has 0 atom stereocenters. The Morgan fingerprint density at radius 3 is 2.50 bits per heavy atom. The number of carboxylic acid groups (broad SMARTS) is 1. The zero-order chi connectivity index (χ0) is 17.1. The van der Waals surface area contributed by atoms with Crippen LogP contribution in [-0.2, 0) is 4.79 Å². The van der Waals surface area contributed by atoms with E-state index in [-0.39, 0.29) is 6.42 Å². The average molecular weight is 337 g/mol. The molecule has 0 spiro atoms. The third-order valence-electron chi connectivity index (χ3n) is 3.85. The van der Waals surface area contributed by atoms with Crippen LogP contribution < -0.4 is 0 Å². The molecule has 0 unspecified atom stereocenters. The summed E-state index contributed by atoms with van der Waals surface area (Å²) in [6.07, 6.45) is 1.89. The number of hydrogen-bond donors (Lipinski definition) is 1. The predicted molar refractivity (Wildman–Crippen MR) is 100 cm³/mol. The Bertz CT molecular complexity index is 858. The van der Waals surface area contributed by atoms with E-state index in [1.54, 1.807) is 0 Å². The van der Waals surface area contributed by atoms with Gasteiger partial charge in [-0.05, 0) is 40.8 Å². The zero-order valence-electron chi connectivity index (χ0n) is 13.7. The molecule has 0 aliphatic carbocycles. The molecule has 0 saturated heterocycles. The van der Waals surface area contributed by atoms with Crippen LogP contribution in [0.3, 0.4) is 0 Å². The zero-order valence-corrected chi connectivity index (χ0v) is 14.5. The Morgan fingerprint density at radius 2 is 1.88 bits per heavy atom. The minimum Gasteiger partial charge on any atom is -0.481 e. The lowest BCUT2D eigenvalue weighted by molar-refractivity contribution is -0.135. The summed E-state index contributed by atoms with van der Waals surface area (Å²) in [4.78, 5) is 15.9. The lowest BCUT2D eigenvalue weighted by atomic mass is 10.0. The highest BCUT2D eigenvalue weighted by Crippen LogP contribution is 2.30. The second-order valence-electron chi connectivity index (χ2n) is 6.05. The Balaban J connectivity index is 2.00. The Kier molecular flexibility index (Phi) is 4.76. The van der Waals surface area contributed by atoms with Crippen molar-refractivity contribution in [2.45, 2.75) is 26.2 Å². The highest BCUT2D eigenvalue weighted by atomic mass is 32.1. The average Bonchev–Trinajstić information content (AvgIpc) is 2.98. The molecule has 2 aromatic carbocycles. The fourth-order valence-electron chi connectivity index (χ4n) is 2.54. The van der Waals surface area contributed by atoms with E-state index in [0.29, 0.717) is 5.92 Å². The van der Waals surface area contributed by atoms with Gasteiger partial charge in [0.1, 0.15) is 5.01 Å². The topological polar surface area (TPSA) is 50.2 Å². The van der Waals surface area contributed by atoms with E-state index >= 15 is 0 Å². The molecule has 0 radical (unpaired) electrons. The number of nitrogens with zero attached hydrogens (tertiary/aromatic N) is 1. The lowest BCUT2D eigenvalue weighted by Crippen LogP contribution is -1.97. The number of benzene rings is 2. The first-order valence-electron chi connectivity index (χ1n) is 7.91. The van der Waals surface area contributed by atoms with E-state index in [9.17, 15) is 9.90 Å². The molecule has 24 heavy (non-hydrogen) atoms. The van der Waals surface area contributed by atoms with Crippen molar-refractivity contribution in [2.24, 2.45) is 0 Å². The van der Waals surface area contributed by atoms with Crippen LogP contribution >= 0.6 is 11.3 Å². The van der Waals surface area contributed by atoms with Gasteiger partial charge < -0.3 is 5.11 Å². The maximum Gasteiger partial charge on any atom is 0.307 e. The second kappa shape index (κ2) is 6.97. The van der Waals surface area contributed by atoms with E-state index in [4.69, 9.17) is 0 Å². The van der Waals surface area contributed by atoms with Crippen LogP contribution in [0.1, 0.15) is 42.3 Å². The van der Waals surface area contributed by atoms with E-state index in [1.807, 2.05) is 42.5 Å². The summed E-state index contributed by atoms with van der Waals surface area (Å²) in [6.45, 7) is 4.31. The maximum atomic E-state index is 11.3. The number of hydrogen-bond acceptors (Lipinski definition) is 3. The van der Waals surface area contributed by atoms with Gasteiger partial charge in [0.05, 0.1) is 16.6 Å². The smallest absolute Gasteiger partial charge is 0.307 e. The third kappa shape index (κ3) is 3.71. The maximum absolute atomic E-state index is 11.3. The molecule has 4 heteroatoms. The molecule has 0 aliphatic rings. The van der Waals surface area contributed by atoms with Gasteiger partial charge >= 0.3 is 5.97 Å². The van der Waals surface area contributed by atoms with Crippen LogP contribution in [-0.4, -0.2) is 16.1 Å². The first kappa shape index (κ1) is 16.4. The number of aromatic nitrogens is 1. The van der Waals surface area contributed by atoms with Crippen molar-refractivity contribution in [2.75, 3.05) is 0 Å². The Labute approximate surface area is 145 Å². The summed E-state index contributed by atoms with van der Waals surface area (Å²) in [5, 5.41) is 10.0. The fraction of sp³-hybridized carbons (Fsp3) is 0.200. The van der Waals surface area contributed by atoms with Crippen molar-refractivity contribution in [1.29, 1.82) is 0 Å². The number of fused-ring (bicyclic) bond motifs is 1. The first-order chi connectivity index (χ1) is 11.5. The van der Waals surface area contributed by atoms with Crippen LogP contribution in [0.4, 0.5) is 0 Å². The minimum atomic E-state index is -0.848. The van der Waals surface area contributed by atoms with Crippen molar-refractivity contribution in [1.82, 2.24) is 4.98 Å². The van der Waals surface area contributed by atoms with Crippen LogP contribution in [0.25, 0.3) is 21.9 Å². The fourth-order valence-corrected chi connectivity index (χ4v) is 3.52. The molecule has 122 valence electrons. The summed E-state index contributed by atoms with van der Waals surface area (Å²) >= 11 is 1.53. The van der Waals surface area contributed by atoms with Gasteiger partial charge in [0, 0.05) is 0 Å². The molecule has 3 nitrogen and oxygen atoms in total. The van der Waals surface area contributed by atoms with Crippen LogP contribution in [0.2, 0.25) is 0 Å². The quantitative estimate of drug-likeness (QED) is 0.675. The molecule has 1 N–H and O–H groups in total. The van der Waals surface area contributed by atoms with Crippen molar-refractivity contribution in [3.63, 3.8) is 0 Å². The van der Waals surface area contributed by atoms with Gasteiger partial charge in [-0.15, -0.1) is 11.3 Å². The third-order valence-corrected chi connectivity index (χ3v) is 4.97. The monoisotopic (exact) mass is 337 g/mol. The van der Waals surface area contributed by atoms with E-state index < -0.39 is 5.97 Å². The molecule has 3 aromatic rings. The summed E-state index contributed by atoms with van der Waals surface area (Å²) in [6, 6.07) is 16.1. The number of thiazole rings is 1. The largest absolute Gasteiger partial charge is 0.481 e. The van der Waals surface area contributed by atoms with Gasteiger partial charge in [0.2, 0.25) is 0 Å². The molecule has 1 aromatic heterocycles. The van der Waals surface area contributed by atoms with Gasteiger partial charge in [-0.2, -0.15) is 0 Å². The number of carbonyl (C=O) groups is 1. The molecule has 1 heterocycles. The van der Waals surface area contributed by atoms with Gasteiger partial charge in [0.15, 0.2) is 0 Å². The standard InChI is InChI=1S/C20H19NO2S/c1-13(2)15-9-7-14(8-10-15)11-16(12-19(22)23)20-21-17-5-3-4-6-18(17)24-20/h3-11,13H,12H2,1-2H3,(H,22,23)/b16-11+. The van der Waals surface area contributed by atoms with Gasteiger partial charge in [-0.3, -0.25) is 4.79 Å². The van der Waals surface area contributed by atoms with Crippen LogP contribution in [0.15, 0.2) is 48.5 Å². The van der Waals surface area contributed by atoms with Crippen molar-refractivity contribution in [3.05, 3.63) is 64.7 Å². The van der Waals surface area contributed by atoms with Crippen LogP contribution in [0.5, 0.6) is 0 Å². The summed E-state index contributed by atoms with van der Waals surface area (Å²) in [7, 11) is 0. The van der Waals surface area contributed by atoms with E-state index in [0.717, 1.165) is 26.4 Å². The Morgan fingerprint density at radius 1 is 1.17 bits per heavy atom. The molecule has 0 amide bonds. The van der Waals surface area contributed by atoms with Gasteiger partial charge in [-0.1, -0.05) is 50.2 Å². The van der Waals surface area contributed by atoms with Gasteiger partial charge in [-0.25, -0.2) is 4.98 Å². The molecular weight excluding hydrogens is 318 g/mol. The number of para-hydroxylation sites is 1. The first-order valence-corrected chi connectivity index (χ1v) is 8.73. The molecule has 3 rings (SSSR count).